The maximum absolute atomic E-state index is 5.72. The van der Waals surface area contributed by atoms with Gasteiger partial charge in [0.2, 0.25) is 0 Å². The lowest BCUT2D eigenvalue weighted by molar-refractivity contribution is -0.0267. The predicted molar refractivity (Wildman–Crippen MR) is 166 cm³/mol. The molecule has 0 saturated carbocycles. The van der Waals surface area contributed by atoms with Crippen molar-refractivity contribution in [2.75, 3.05) is 139 Å². The minimum absolute atomic E-state index is 0.527. The molecule has 0 saturated heterocycles. The Hall–Kier alpha value is -0.223. The van der Waals surface area contributed by atoms with Gasteiger partial charge in [0.15, 0.2) is 8.32 Å². The van der Waals surface area contributed by atoms with Gasteiger partial charge in [0.05, 0.1) is 132 Å². The minimum Gasteiger partial charge on any atom is -0.415 e. The first-order valence-electron chi connectivity index (χ1n) is 16.0. The van der Waals surface area contributed by atoms with Gasteiger partial charge in [0.25, 0.3) is 0 Å². The van der Waals surface area contributed by atoms with Gasteiger partial charge in [0, 0.05) is 6.61 Å². The zero-order valence-electron chi connectivity index (χ0n) is 27.4. The summed E-state index contributed by atoms with van der Waals surface area (Å²) < 4.78 is 60.6. The fourth-order valence-corrected chi connectivity index (χ4v) is 3.99. The van der Waals surface area contributed by atoms with E-state index in [1.54, 1.807) is 0 Å². The second-order valence-electron chi connectivity index (χ2n) is 10.5. The number of unbranched alkanes of at least 4 members (excludes halogenated alkanes) is 4. The van der Waals surface area contributed by atoms with Crippen molar-refractivity contribution in [3.63, 3.8) is 0 Å². The van der Waals surface area contributed by atoms with Crippen molar-refractivity contribution < 1.29 is 51.8 Å². The summed E-state index contributed by atoms with van der Waals surface area (Å²) in [5.74, 6) is 0. The van der Waals surface area contributed by atoms with Crippen LogP contribution in [0.2, 0.25) is 19.6 Å². The van der Waals surface area contributed by atoms with E-state index in [0.29, 0.717) is 132 Å². The molecule has 254 valence electrons. The molecule has 0 heterocycles. The van der Waals surface area contributed by atoms with Gasteiger partial charge in [-0.3, -0.25) is 0 Å². The molecular weight excluding hydrogens is 564 g/mol. The molecule has 0 aliphatic carbocycles. The van der Waals surface area contributed by atoms with E-state index in [1.807, 2.05) is 0 Å². The standard InChI is InChI=1S/C30H64O11Si/c1-5-6-7-8-9-10-31-11-12-32-13-14-33-15-16-34-17-18-35-19-20-36-21-22-37-23-24-38-25-26-39-27-28-40-29-30-41-42(2,3)4/h5-30H2,1-4H3. The zero-order chi connectivity index (χ0) is 30.7. The molecule has 42 heavy (non-hydrogen) atoms. The molecule has 12 heteroatoms. The molecular formula is C30H64O11Si. The van der Waals surface area contributed by atoms with E-state index in [-0.39, 0.29) is 0 Å². The van der Waals surface area contributed by atoms with Crippen LogP contribution in [-0.4, -0.2) is 147 Å². The molecule has 0 aromatic rings. The van der Waals surface area contributed by atoms with Crippen LogP contribution in [0.5, 0.6) is 0 Å². The molecule has 0 unspecified atom stereocenters. The second-order valence-corrected chi connectivity index (χ2v) is 15.0. The van der Waals surface area contributed by atoms with Crippen molar-refractivity contribution in [2.24, 2.45) is 0 Å². The Morgan fingerprint density at radius 2 is 0.524 bits per heavy atom. The maximum Gasteiger partial charge on any atom is 0.183 e. The first-order chi connectivity index (χ1) is 20.6. The summed E-state index contributed by atoms with van der Waals surface area (Å²) in [4.78, 5) is 0. The summed E-state index contributed by atoms with van der Waals surface area (Å²) in [5.41, 5.74) is 0. The van der Waals surface area contributed by atoms with E-state index in [1.165, 1.54) is 25.7 Å². The monoisotopic (exact) mass is 628 g/mol. The van der Waals surface area contributed by atoms with Crippen molar-refractivity contribution in [2.45, 2.75) is 58.7 Å². The highest BCUT2D eigenvalue weighted by Gasteiger charge is 2.13. The molecule has 0 atom stereocenters. The highest BCUT2D eigenvalue weighted by molar-refractivity contribution is 6.69. The van der Waals surface area contributed by atoms with Crippen molar-refractivity contribution >= 4 is 8.32 Å². The number of ether oxygens (including phenoxy) is 10. The smallest absolute Gasteiger partial charge is 0.183 e. The highest BCUT2D eigenvalue weighted by Crippen LogP contribution is 2.02. The van der Waals surface area contributed by atoms with E-state index in [4.69, 9.17) is 51.8 Å². The summed E-state index contributed by atoms with van der Waals surface area (Å²) >= 11 is 0. The molecule has 0 spiro atoms. The SMILES string of the molecule is CCCCCCCOCCOCCOCCOCCOCCOCCOCCOCCOCCOCCO[Si](C)(C)C. The van der Waals surface area contributed by atoms with Crippen molar-refractivity contribution in [3.05, 3.63) is 0 Å². The molecule has 0 N–H and O–H groups in total. The van der Waals surface area contributed by atoms with E-state index in [9.17, 15) is 0 Å². The lowest BCUT2D eigenvalue weighted by Crippen LogP contribution is -2.27. The van der Waals surface area contributed by atoms with Crippen LogP contribution in [0.15, 0.2) is 0 Å². The lowest BCUT2D eigenvalue weighted by Gasteiger charge is -2.16. The Morgan fingerprint density at radius 3 is 0.786 bits per heavy atom. The zero-order valence-corrected chi connectivity index (χ0v) is 28.4. The molecule has 0 radical (unpaired) electrons. The highest BCUT2D eigenvalue weighted by atomic mass is 28.4. The third-order valence-electron chi connectivity index (χ3n) is 5.50. The molecule has 0 rings (SSSR count). The Bertz CT molecular complexity index is 498. The van der Waals surface area contributed by atoms with Crippen molar-refractivity contribution in [1.82, 2.24) is 0 Å². The van der Waals surface area contributed by atoms with Crippen LogP contribution in [0, 0.1) is 0 Å². The quantitative estimate of drug-likeness (QED) is 0.0738. The molecule has 0 aliphatic heterocycles. The van der Waals surface area contributed by atoms with Crippen molar-refractivity contribution in [3.8, 4) is 0 Å². The Labute approximate surface area is 257 Å². The predicted octanol–water partition coefficient (Wildman–Crippen LogP) is 3.97. The number of rotatable bonds is 37. The van der Waals surface area contributed by atoms with Gasteiger partial charge in [-0.1, -0.05) is 32.6 Å². The fourth-order valence-electron chi connectivity index (χ4n) is 3.30. The van der Waals surface area contributed by atoms with Gasteiger partial charge in [-0.2, -0.15) is 0 Å². The second kappa shape index (κ2) is 35.3. The summed E-state index contributed by atoms with van der Waals surface area (Å²) in [6.07, 6.45) is 6.29. The van der Waals surface area contributed by atoms with Crippen LogP contribution < -0.4 is 0 Å². The Balaban J connectivity index is 3.04. The van der Waals surface area contributed by atoms with Gasteiger partial charge < -0.3 is 51.8 Å². The van der Waals surface area contributed by atoms with Gasteiger partial charge in [-0.15, -0.1) is 0 Å². The van der Waals surface area contributed by atoms with Crippen LogP contribution >= 0.6 is 0 Å². The van der Waals surface area contributed by atoms with Crippen LogP contribution in [0.1, 0.15) is 39.0 Å². The molecule has 0 aliphatic rings. The van der Waals surface area contributed by atoms with E-state index in [0.717, 1.165) is 13.0 Å². The van der Waals surface area contributed by atoms with E-state index in [2.05, 4.69) is 26.6 Å². The lowest BCUT2D eigenvalue weighted by atomic mass is 10.2. The van der Waals surface area contributed by atoms with Gasteiger partial charge in [0.1, 0.15) is 0 Å². The molecule has 0 fully saturated rings. The van der Waals surface area contributed by atoms with E-state index >= 15 is 0 Å². The molecule has 11 nitrogen and oxygen atoms in total. The third kappa shape index (κ3) is 39.8. The first kappa shape index (κ1) is 41.8. The minimum atomic E-state index is -1.45. The van der Waals surface area contributed by atoms with Gasteiger partial charge in [-0.05, 0) is 26.1 Å². The summed E-state index contributed by atoms with van der Waals surface area (Å²) in [7, 11) is -1.45. The summed E-state index contributed by atoms with van der Waals surface area (Å²) in [6.45, 7) is 20.7. The average molecular weight is 629 g/mol. The average Bonchev–Trinajstić information content (AvgIpc) is 2.96. The van der Waals surface area contributed by atoms with Crippen molar-refractivity contribution in [1.29, 1.82) is 0 Å². The molecule has 0 aromatic carbocycles. The van der Waals surface area contributed by atoms with Crippen LogP contribution in [-0.2, 0) is 51.8 Å². The third-order valence-corrected chi connectivity index (χ3v) is 6.57. The topological polar surface area (TPSA) is 102 Å². The Morgan fingerprint density at radius 1 is 0.286 bits per heavy atom. The van der Waals surface area contributed by atoms with Crippen LogP contribution in [0.3, 0.4) is 0 Å². The summed E-state index contributed by atoms with van der Waals surface area (Å²) in [6, 6.07) is 0. The number of hydrogen-bond donors (Lipinski definition) is 0. The first-order valence-corrected chi connectivity index (χ1v) is 19.4. The molecule has 0 amide bonds. The van der Waals surface area contributed by atoms with Gasteiger partial charge >= 0.3 is 0 Å². The maximum atomic E-state index is 5.72. The normalized spacial score (nSPS) is 12.0. The number of hydrogen-bond acceptors (Lipinski definition) is 11. The fraction of sp³-hybridized carbons (Fsp3) is 1.00. The van der Waals surface area contributed by atoms with Crippen LogP contribution in [0.4, 0.5) is 0 Å². The van der Waals surface area contributed by atoms with Crippen LogP contribution in [0.25, 0.3) is 0 Å². The molecule has 0 bridgehead atoms. The molecule has 0 aromatic heterocycles. The summed E-state index contributed by atoms with van der Waals surface area (Å²) in [5, 5.41) is 0. The van der Waals surface area contributed by atoms with E-state index < -0.39 is 8.32 Å². The largest absolute Gasteiger partial charge is 0.415 e. The van der Waals surface area contributed by atoms with Gasteiger partial charge in [-0.25, -0.2) is 0 Å². The Kier molecular flexibility index (Phi) is 35.1.